The van der Waals surface area contributed by atoms with Crippen LogP contribution in [0.15, 0.2) is 12.4 Å². The van der Waals surface area contributed by atoms with E-state index < -0.39 is 5.97 Å². The van der Waals surface area contributed by atoms with Gasteiger partial charge < -0.3 is 19.5 Å². The Hall–Kier alpha value is -3.17. The Labute approximate surface area is 205 Å². The zero-order valence-electron chi connectivity index (χ0n) is 20.8. The molecule has 1 amide bonds. The van der Waals surface area contributed by atoms with Crippen molar-refractivity contribution in [2.45, 2.75) is 83.5 Å². The van der Waals surface area contributed by atoms with Gasteiger partial charge in [0.25, 0.3) is 0 Å². The van der Waals surface area contributed by atoms with Gasteiger partial charge >= 0.3 is 12.1 Å². The molecule has 2 aromatic rings. The first-order chi connectivity index (χ1) is 16.9. The summed E-state index contributed by atoms with van der Waals surface area (Å²) in [6, 6.07) is 0.242. The third-order valence-corrected chi connectivity index (χ3v) is 7.23. The second-order valence-electron chi connectivity index (χ2n) is 9.53. The molecule has 2 aromatic heterocycles. The van der Waals surface area contributed by atoms with Gasteiger partial charge in [0.15, 0.2) is 11.6 Å². The summed E-state index contributed by atoms with van der Waals surface area (Å²) in [5.74, 6) is -0.0563. The molecule has 190 valence electrons. The van der Waals surface area contributed by atoms with E-state index in [4.69, 9.17) is 14.5 Å². The molecule has 10 nitrogen and oxygen atoms in total. The lowest BCUT2D eigenvalue weighted by atomic mass is 9.87. The predicted octanol–water partition coefficient (Wildman–Crippen LogP) is 3.97. The van der Waals surface area contributed by atoms with E-state index in [1.807, 2.05) is 6.92 Å². The fourth-order valence-corrected chi connectivity index (χ4v) is 5.04. The molecule has 35 heavy (non-hydrogen) atoms. The molecule has 2 atom stereocenters. The maximum absolute atomic E-state index is 12.6. The maximum atomic E-state index is 12.6. The van der Waals surface area contributed by atoms with Gasteiger partial charge in [0, 0.05) is 20.1 Å². The molecule has 0 spiro atoms. The van der Waals surface area contributed by atoms with Gasteiger partial charge in [-0.05, 0) is 44.9 Å². The quantitative estimate of drug-likeness (QED) is 0.596. The van der Waals surface area contributed by atoms with Crippen molar-refractivity contribution in [3.05, 3.63) is 23.8 Å². The van der Waals surface area contributed by atoms with Gasteiger partial charge in [0.05, 0.1) is 41.4 Å². The van der Waals surface area contributed by atoms with Crippen molar-refractivity contribution in [3.63, 3.8) is 0 Å². The van der Waals surface area contributed by atoms with Crippen LogP contribution >= 0.6 is 0 Å². The van der Waals surface area contributed by atoms with Crippen molar-refractivity contribution in [1.29, 1.82) is 0 Å². The van der Waals surface area contributed by atoms with E-state index >= 15 is 0 Å². The van der Waals surface area contributed by atoms with E-state index in [2.05, 4.69) is 10.1 Å². The van der Waals surface area contributed by atoms with Crippen LogP contribution in [0.3, 0.4) is 0 Å². The largest absolute Gasteiger partial charge is 0.487 e. The standard InChI is InChI=1S/C25H35N5O5/c1-4-20-22(35-18-11-7-8-16(12-18)24(31)32)14-26-23(28-20)19-13-27-30(3)21(19)15-34-25(33)29(2)17-9-5-6-10-17/h13-14,16-18H,4-12,15H2,1-3H3,(H,31,32)/t16-,18-/m0/s1. The summed E-state index contributed by atoms with van der Waals surface area (Å²) in [6.45, 7) is 2.06. The molecular formula is C25H35N5O5. The second-order valence-corrected chi connectivity index (χ2v) is 9.53. The summed E-state index contributed by atoms with van der Waals surface area (Å²) in [7, 11) is 3.59. The number of aromatic nitrogens is 4. The monoisotopic (exact) mass is 485 g/mol. The molecule has 0 saturated heterocycles. The number of aliphatic carboxylic acids is 1. The van der Waals surface area contributed by atoms with Crippen LogP contribution in [0.25, 0.3) is 11.4 Å². The zero-order valence-corrected chi connectivity index (χ0v) is 20.8. The molecule has 10 heteroatoms. The van der Waals surface area contributed by atoms with Gasteiger partial charge in [-0.1, -0.05) is 19.8 Å². The lowest BCUT2D eigenvalue weighted by molar-refractivity contribution is -0.143. The number of carbonyl (C=O) groups excluding carboxylic acids is 1. The third-order valence-electron chi connectivity index (χ3n) is 7.23. The van der Waals surface area contributed by atoms with Gasteiger partial charge in [-0.3, -0.25) is 9.48 Å². The van der Waals surface area contributed by atoms with E-state index in [-0.39, 0.29) is 30.8 Å². The molecule has 4 rings (SSSR count). The highest BCUT2D eigenvalue weighted by molar-refractivity contribution is 5.70. The number of carbonyl (C=O) groups is 2. The van der Waals surface area contributed by atoms with Crippen LogP contribution < -0.4 is 4.74 Å². The fourth-order valence-electron chi connectivity index (χ4n) is 5.04. The van der Waals surface area contributed by atoms with Crippen molar-refractivity contribution in [1.82, 2.24) is 24.6 Å². The molecule has 0 bridgehead atoms. The summed E-state index contributed by atoms with van der Waals surface area (Å²) in [5.41, 5.74) is 2.17. The lowest BCUT2D eigenvalue weighted by Crippen LogP contribution is -2.35. The summed E-state index contributed by atoms with van der Waals surface area (Å²) in [5, 5.41) is 13.7. The van der Waals surface area contributed by atoms with E-state index in [0.717, 1.165) is 44.2 Å². The number of aryl methyl sites for hydroxylation is 2. The van der Waals surface area contributed by atoms with Gasteiger partial charge in [0.1, 0.15) is 6.61 Å². The summed E-state index contributed by atoms with van der Waals surface area (Å²) in [6.07, 6.45) is 10.6. The van der Waals surface area contributed by atoms with E-state index in [0.29, 0.717) is 42.1 Å². The summed E-state index contributed by atoms with van der Waals surface area (Å²) in [4.78, 5) is 34.9. The Kier molecular flexibility index (Phi) is 7.87. The van der Waals surface area contributed by atoms with Crippen molar-refractivity contribution < 1.29 is 24.2 Å². The maximum Gasteiger partial charge on any atom is 0.410 e. The minimum absolute atomic E-state index is 0.0729. The molecule has 0 aliphatic heterocycles. The molecular weight excluding hydrogens is 450 g/mol. The first-order valence-corrected chi connectivity index (χ1v) is 12.5. The van der Waals surface area contributed by atoms with E-state index in [1.54, 1.807) is 36.1 Å². The van der Waals surface area contributed by atoms with Crippen molar-refractivity contribution >= 4 is 12.1 Å². The topological polar surface area (TPSA) is 120 Å². The highest BCUT2D eigenvalue weighted by atomic mass is 16.6. The Morgan fingerprint density at radius 1 is 1.17 bits per heavy atom. The number of hydrogen-bond acceptors (Lipinski definition) is 7. The van der Waals surface area contributed by atoms with Crippen molar-refractivity contribution in [3.8, 4) is 17.1 Å². The third kappa shape index (κ3) is 5.74. The van der Waals surface area contributed by atoms with Crippen molar-refractivity contribution in [2.75, 3.05) is 7.05 Å². The Bertz CT molecular complexity index is 1050. The summed E-state index contributed by atoms with van der Waals surface area (Å²) >= 11 is 0. The number of carboxylic acid groups (broad SMARTS) is 1. The van der Waals surface area contributed by atoms with Crippen molar-refractivity contribution in [2.24, 2.45) is 13.0 Å². The van der Waals surface area contributed by atoms with Gasteiger partial charge in [0.2, 0.25) is 0 Å². The first-order valence-electron chi connectivity index (χ1n) is 12.5. The van der Waals surface area contributed by atoms with Crippen LogP contribution in [0.4, 0.5) is 4.79 Å². The van der Waals surface area contributed by atoms with E-state index in [9.17, 15) is 14.7 Å². The van der Waals surface area contributed by atoms with Crippen LogP contribution in [0, 0.1) is 5.92 Å². The first kappa shape index (κ1) is 24.9. The number of ether oxygens (including phenoxy) is 2. The molecule has 2 heterocycles. The smallest absolute Gasteiger partial charge is 0.410 e. The minimum Gasteiger partial charge on any atom is -0.487 e. The number of hydrogen-bond donors (Lipinski definition) is 1. The number of amides is 1. The Morgan fingerprint density at radius 3 is 2.66 bits per heavy atom. The van der Waals surface area contributed by atoms with Gasteiger partial charge in [-0.2, -0.15) is 5.10 Å². The number of carboxylic acids is 1. The minimum atomic E-state index is -0.764. The Morgan fingerprint density at radius 2 is 1.94 bits per heavy atom. The molecule has 2 saturated carbocycles. The van der Waals surface area contributed by atoms with Crippen LogP contribution in [-0.4, -0.2) is 61.0 Å². The predicted molar refractivity (Wildman–Crippen MR) is 128 cm³/mol. The fraction of sp³-hybridized carbons (Fsp3) is 0.640. The lowest BCUT2D eigenvalue weighted by Gasteiger charge is -2.27. The Balaban J connectivity index is 1.46. The number of rotatable bonds is 8. The highest BCUT2D eigenvalue weighted by Crippen LogP contribution is 2.30. The van der Waals surface area contributed by atoms with Crippen LogP contribution in [-0.2, 0) is 29.6 Å². The van der Waals surface area contributed by atoms with Crippen LogP contribution in [0.5, 0.6) is 5.75 Å². The summed E-state index contributed by atoms with van der Waals surface area (Å²) < 4.78 is 13.4. The van der Waals surface area contributed by atoms with E-state index in [1.165, 1.54) is 0 Å². The second kappa shape index (κ2) is 11.0. The van der Waals surface area contributed by atoms with Gasteiger partial charge in [-0.15, -0.1) is 0 Å². The molecule has 0 unspecified atom stereocenters. The highest BCUT2D eigenvalue weighted by Gasteiger charge is 2.29. The normalized spacial score (nSPS) is 20.5. The molecule has 2 aliphatic carbocycles. The van der Waals surface area contributed by atoms with Gasteiger partial charge in [-0.25, -0.2) is 14.8 Å². The average molecular weight is 486 g/mol. The number of nitrogens with zero attached hydrogens (tertiary/aromatic N) is 5. The molecule has 2 fully saturated rings. The van der Waals surface area contributed by atoms with Crippen LogP contribution in [0.2, 0.25) is 0 Å². The SMILES string of the molecule is CCc1nc(-c2cnn(C)c2COC(=O)N(C)C2CCCC2)ncc1O[C@H]1CCC[C@H](C(=O)O)C1. The molecule has 0 radical (unpaired) electrons. The molecule has 2 aliphatic rings. The van der Waals surface area contributed by atoms with Crippen LogP contribution in [0.1, 0.15) is 69.7 Å². The molecule has 1 N–H and O–H groups in total. The molecule has 0 aromatic carbocycles. The average Bonchev–Trinajstić information content (AvgIpc) is 3.52. The zero-order chi connectivity index (χ0) is 24.9.